The van der Waals surface area contributed by atoms with Crippen LogP contribution < -0.4 is 25.2 Å². The molecule has 0 aliphatic carbocycles. The third-order valence-electron chi connectivity index (χ3n) is 2.58. The zero-order valence-corrected chi connectivity index (χ0v) is 12.9. The first kappa shape index (κ1) is 17.1. The number of ether oxygens (including phenoxy) is 2. The summed E-state index contributed by atoms with van der Waals surface area (Å²) in [5, 5.41) is 2.56. The van der Waals surface area contributed by atoms with Crippen molar-refractivity contribution in [3.05, 3.63) is 17.7 Å². The minimum absolute atomic E-state index is 0.0950. The van der Waals surface area contributed by atoms with E-state index in [1.165, 1.54) is 26.4 Å². The first-order chi connectivity index (χ1) is 9.78. The molecule has 1 aromatic carbocycles. The van der Waals surface area contributed by atoms with Gasteiger partial charge in [-0.2, -0.15) is 0 Å². The highest BCUT2D eigenvalue weighted by molar-refractivity contribution is 7.88. The second-order valence-electron chi connectivity index (χ2n) is 4.22. The van der Waals surface area contributed by atoms with Gasteiger partial charge in [0.1, 0.15) is 0 Å². The molecule has 0 spiro atoms. The molecule has 0 heterocycles. The van der Waals surface area contributed by atoms with Crippen LogP contribution in [0.5, 0.6) is 11.5 Å². The minimum Gasteiger partial charge on any atom is -0.493 e. The van der Waals surface area contributed by atoms with Gasteiger partial charge in [-0.05, 0) is 6.07 Å². The van der Waals surface area contributed by atoms with Crippen LogP contribution in [-0.2, 0) is 10.0 Å². The van der Waals surface area contributed by atoms with Gasteiger partial charge >= 0.3 is 0 Å². The molecule has 0 fully saturated rings. The van der Waals surface area contributed by atoms with E-state index in [-0.39, 0.29) is 24.3 Å². The number of hydrogen-bond donors (Lipinski definition) is 3. The molecule has 118 valence electrons. The van der Waals surface area contributed by atoms with Crippen LogP contribution in [0.1, 0.15) is 10.4 Å². The van der Waals surface area contributed by atoms with Crippen molar-refractivity contribution in [2.24, 2.45) is 0 Å². The quantitative estimate of drug-likeness (QED) is 0.463. The lowest BCUT2D eigenvalue weighted by atomic mass is 10.1. The Morgan fingerprint density at radius 2 is 1.76 bits per heavy atom. The molecule has 0 aromatic heterocycles. The maximum atomic E-state index is 12.0. The predicted molar refractivity (Wildman–Crippen MR) is 79.1 cm³/mol. The van der Waals surface area contributed by atoms with E-state index in [1.807, 2.05) is 0 Å². The SMILES string of the molecule is COc1cc(N)c(C(=O)NCCNS(C)(=O)=O)cc1OC. The molecule has 0 saturated heterocycles. The number of rotatable bonds is 7. The first-order valence-corrected chi connectivity index (χ1v) is 7.92. The van der Waals surface area contributed by atoms with Crippen LogP contribution in [0, 0.1) is 0 Å². The smallest absolute Gasteiger partial charge is 0.253 e. The Bertz CT molecular complexity index is 616. The minimum atomic E-state index is -3.28. The molecule has 0 radical (unpaired) electrons. The molecule has 1 amide bonds. The fraction of sp³-hybridized carbons (Fsp3) is 0.417. The summed E-state index contributed by atoms with van der Waals surface area (Å²) in [7, 11) is -0.361. The third-order valence-corrected chi connectivity index (χ3v) is 3.30. The van der Waals surface area contributed by atoms with Crippen molar-refractivity contribution in [2.75, 3.05) is 39.3 Å². The first-order valence-electron chi connectivity index (χ1n) is 6.03. The van der Waals surface area contributed by atoms with Crippen molar-refractivity contribution in [1.82, 2.24) is 10.0 Å². The van der Waals surface area contributed by atoms with Gasteiger partial charge in [-0.25, -0.2) is 13.1 Å². The van der Waals surface area contributed by atoms with Crippen LogP contribution in [0.15, 0.2) is 12.1 Å². The number of nitrogens with one attached hydrogen (secondary N) is 2. The number of nitrogen functional groups attached to an aromatic ring is 1. The number of benzene rings is 1. The topological polar surface area (TPSA) is 120 Å². The van der Waals surface area contributed by atoms with Gasteiger partial charge in [0.05, 0.1) is 26.0 Å². The van der Waals surface area contributed by atoms with Crippen molar-refractivity contribution < 1.29 is 22.7 Å². The molecular weight excluding hydrogens is 298 g/mol. The number of amides is 1. The van der Waals surface area contributed by atoms with Gasteiger partial charge in [0.2, 0.25) is 10.0 Å². The number of carbonyl (C=O) groups excluding carboxylic acids is 1. The largest absolute Gasteiger partial charge is 0.493 e. The van der Waals surface area contributed by atoms with E-state index in [0.717, 1.165) is 6.26 Å². The lowest BCUT2D eigenvalue weighted by molar-refractivity contribution is 0.0955. The standard InChI is InChI=1S/C12H19N3O5S/c1-19-10-6-8(9(13)7-11(10)20-2)12(16)14-4-5-15-21(3,17)18/h6-7,15H,4-5,13H2,1-3H3,(H,14,16). The number of methoxy groups -OCH3 is 2. The number of anilines is 1. The third kappa shape index (κ3) is 5.12. The van der Waals surface area contributed by atoms with Gasteiger partial charge in [-0.15, -0.1) is 0 Å². The molecule has 0 aliphatic heterocycles. The molecule has 0 unspecified atom stereocenters. The molecular formula is C12H19N3O5S. The lowest BCUT2D eigenvalue weighted by Gasteiger charge is -2.12. The van der Waals surface area contributed by atoms with Crippen LogP contribution >= 0.6 is 0 Å². The zero-order chi connectivity index (χ0) is 16.0. The average Bonchev–Trinajstić information content (AvgIpc) is 2.41. The van der Waals surface area contributed by atoms with Crippen LogP contribution in [0.25, 0.3) is 0 Å². The van der Waals surface area contributed by atoms with Gasteiger partial charge in [0.15, 0.2) is 11.5 Å². The Morgan fingerprint density at radius 1 is 1.19 bits per heavy atom. The van der Waals surface area contributed by atoms with E-state index in [9.17, 15) is 13.2 Å². The molecule has 21 heavy (non-hydrogen) atoms. The van der Waals surface area contributed by atoms with Gasteiger partial charge in [0, 0.05) is 24.8 Å². The van der Waals surface area contributed by atoms with Gasteiger partial charge in [0.25, 0.3) is 5.91 Å². The molecule has 0 saturated carbocycles. The van der Waals surface area contributed by atoms with Crippen molar-refractivity contribution >= 4 is 21.6 Å². The van der Waals surface area contributed by atoms with Crippen LogP contribution in [0.2, 0.25) is 0 Å². The molecule has 9 heteroatoms. The fourth-order valence-corrected chi connectivity index (χ4v) is 2.07. The number of nitrogens with two attached hydrogens (primary N) is 1. The van der Waals surface area contributed by atoms with Crippen LogP contribution in [0.4, 0.5) is 5.69 Å². The molecule has 0 bridgehead atoms. The summed E-state index contributed by atoms with van der Waals surface area (Å²) in [5.74, 6) is 0.375. The van der Waals surface area contributed by atoms with Crippen molar-refractivity contribution in [3.8, 4) is 11.5 Å². The summed E-state index contributed by atoms with van der Waals surface area (Å²) in [4.78, 5) is 12.0. The van der Waals surface area contributed by atoms with Crippen molar-refractivity contribution in [3.63, 3.8) is 0 Å². The second kappa shape index (κ2) is 7.14. The monoisotopic (exact) mass is 317 g/mol. The van der Waals surface area contributed by atoms with Crippen LogP contribution in [-0.4, -0.2) is 47.9 Å². The maximum Gasteiger partial charge on any atom is 0.253 e. The normalized spacial score (nSPS) is 11.0. The summed E-state index contributed by atoms with van der Waals surface area (Å²) in [6, 6.07) is 2.95. The highest BCUT2D eigenvalue weighted by Crippen LogP contribution is 2.31. The predicted octanol–water partition coefficient (Wildman–Crippen LogP) is -0.435. The highest BCUT2D eigenvalue weighted by atomic mass is 32.2. The maximum absolute atomic E-state index is 12.0. The second-order valence-corrected chi connectivity index (χ2v) is 6.05. The number of carbonyl (C=O) groups is 1. The Hall–Kier alpha value is -2.00. The molecule has 1 rings (SSSR count). The lowest BCUT2D eigenvalue weighted by Crippen LogP contribution is -2.34. The summed E-state index contributed by atoms with van der Waals surface area (Å²) in [6.07, 6.45) is 1.04. The molecule has 4 N–H and O–H groups in total. The van der Waals surface area contributed by atoms with E-state index in [2.05, 4.69) is 10.0 Å². The molecule has 0 atom stereocenters. The van der Waals surface area contributed by atoms with E-state index < -0.39 is 15.9 Å². The Morgan fingerprint density at radius 3 is 2.29 bits per heavy atom. The van der Waals surface area contributed by atoms with E-state index in [1.54, 1.807) is 0 Å². The van der Waals surface area contributed by atoms with Gasteiger partial charge < -0.3 is 20.5 Å². The molecule has 0 aliphatic rings. The fourth-order valence-electron chi connectivity index (χ4n) is 1.60. The summed E-state index contributed by atoms with van der Waals surface area (Å²) < 4.78 is 34.2. The van der Waals surface area contributed by atoms with Crippen molar-refractivity contribution in [1.29, 1.82) is 0 Å². The van der Waals surface area contributed by atoms with Gasteiger partial charge in [-0.3, -0.25) is 4.79 Å². The Kier molecular flexibility index (Phi) is 5.79. The van der Waals surface area contributed by atoms with E-state index >= 15 is 0 Å². The Balaban J connectivity index is 2.74. The summed E-state index contributed by atoms with van der Waals surface area (Å²) >= 11 is 0. The molecule has 8 nitrogen and oxygen atoms in total. The Labute approximate surface area is 123 Å². The van der Waals surface area contributed by atoms with Crippen LogP contribution in [0.3, 0.4) is 0 Å². The number of hydrogen-bond acceptors (Lipinski definition) is 6. The average molecular weight is 317 g/mol. The molecule has 1 aromatic rings. The highest BCUT2D eigenvalue weighted by Gasteiger charge is 2.15. The van der Waals surface area contributed by atoms with Gasteiger partial charge in [-0.1, -0.05) is 0 Å². The number of sulfonamides is 1. The van der Waals surface area contributed by atoms with E-state index in [0.29, 0.717) is 11.5 Å². The van der Waals surface area contributed by atoms with Crippen molar-refractivity contribution in [2.45, 2.75) is 0 Å². The summed E-state index contributed by atoms with van der Waals surface area (Å²) in [5.41, 5.74) is 6.25. The van der Waals surface area contributed by atoms with E-state index in [4.69, 9.17) is 15.2 Å². The zero-order valence-electron chi connectivity index (χ0n) is 12.1. The summed E-state index contributed by atoms with van der Waals surface area (Å²) in [6.45, 7) is 0.234.